The number of amides is 1. The van der Waals surface area contributed by atoms with Gasteiger partial charge in [0.2, 0.25) is 5.91 Å². The minimum Gasteiger partial charge on any atom is -0.366 e. The Bertz CT molecular complexity index is 748. The van der Waals surface area contributed by atoms with Crippen LogP contribution in [0.1, 0.15) is 37.6 Å². The molecule has 0 radical (unpaired) electrons. The van der Waals surface area contributed by atoms with Crippen LogP contribution in [0.4, 0.5) is 11.4 Å². The van der Waals surface area contributed by atoms with Gasteiger partial charge in [-0.3, -0.25) is 4.79 Å². The van der Waals surface area contributed by atoms with Crippen LogP contribution in [-0.2, 0) is 17.8 Å². The largest absolute Gasteiger partial charge is 0.366 e. The predicted octanol–water partition coefficient (Wildman–Crippen LogP) is 5.34. The number of benzene rings is 1. The summed E-state index contributed by atoms with van der Waals surface area (Å²) in [4.78, 5) is 15.8. The summed E-state index contributed by atoms with van der Waals surface area (Å²) in [5.41, 5.74) is 3.45. The van der Waals surface area contributed by atoms with E-state index in [2.05, 4.69) is 49.2 Å². The van der Waals surface area contributed by atoms with Crippen molar-refractivity contribution in [1.29, 1.82) is 0 Å². The summed E-state index contributed by atoms with van der Waals surface area (Å²) >= 11 is 7.65. The Kier molecular flexibility index (Phi) is 4.88. The molecule has 1 aromatic heterocycles. The summed E-state index contributed by atoms with van der Waals surface area (Å²) in [6.45, 7) is 8.11. The van der Waals surface area contributed by atoms with Crippen LogP contribution in [0, 0.1) is 5.41 Å². The molecule has 0 saturated heterocycles. The van der Waals surface area contributed by atoms with Gasteiger partial charge < -0.3 is 10.2 Å². The van der Waals surface area contributed by atoms with Crippen LogP contribution in [0.5, 0.6) is 0 Å². The number of hydrogen-bond acceptors (Lipinski definition) is 3. The zero-order valence-electron chi connectivity index (χ0n) is 14.4. The normalized spacial score (nSPS) is 13.9. The molecular weight excluding hydrogens is 340 g/mol. The maximum Gasteiger partial charge on any atom is 0.224 e. The quantitative estimate of drug-likeness (QED) is 0.796. The summed E-state index contributed by atoms with van der Waals surface area (Å²) < 4.78 is 0.835. The maximum atomic E-state index is 12.1. The second kappa shape index (κ2) is 6.77. The van der Waals surface area contributed by atoms with Gasteiger partial charge in [-0.2, -0.15) is 0 Å². The minimum absolute atomic E-state index is 0.000405. The molecule has 0 spiro atoms. The number of hydrogen-bond donors (Lipinski definition) is 1. The Labute approximate surface area is 152 Å². The van der Waals surface area contributed by atoms with Crippen molar-refractivity contribution in [3.8, 4) is 0 Å². The van der Waals surface area contributed by atoms with E-state index in [1.165, 1.54) is 16.1 Å². The molecule has 1 amide bonds. The van der Waals surface area contributed by atoms with Gasteiger partial charge in [-0.15, -0.1) is 11.3 Å². The van der Waals surface area contributed by atoms with Crippen LogP contribution < -0.4 is 10.2 Å². The molecule has 2 aromatic rings. The number of anilines is 2. The molecule has 128 valence electrons. The first-order valence-electron chi connectivity index (χ1n) is 8.22. The number of thiophene rings is 1. The van der Waals surface area contributed by atoms with E-state index >= 15 is 0 Å². The number of halogens is 1. The maximum absolute atomic E-state index is 12.1. The fraction of sp³-hybridized carbons (Fsp3) is 0.421. The molecule has 1 aromatic carbocycles. The average molecular weight is 363 g/mol. The van der Waals surface area contributed by atoms with Gasteiger partial charge in [-0.1, -0.05) is 32.4 Å². The van der Waals surface area contributed by atoms with Crippen LogP contribution in [-0.4, -0.2) is 12.5 Å². The molecule has 2 heterocycles. The number of nitrogens with one attached hydrogen (secondary N) is 1. The summed E-state index contributed by atoms with van der Waals surface area (Å²) in [6, 6.07) is 10.3. The molecule has 0 atom stereocenters. The third-order valence-electron chi connectivity index (χ3n) is 4.02. The van der Waals surface area contributed by atoms with Crippen molar-refractivity contribution in [3.05, 3.63) is 45.1 Å². The first-order chi connectivity index (χ1) is 11.3. The van der Waals surface area contributed by atoms with Crippen molar-refractivity contribution in [2.24, 2.45) is 5.41 Å². The van der Waals surface area contributed by atoms with Crippen LogP contribution >= 0.6 is 22.9 Å². The molecule has 1 aliphatic rings. The lowest BCUT2D eigenvalue weighted by Gasteiger charge is -2.19. The van der Waals surface area contributed by atoms with E-state index in [9.17, 15) is 4.79 Å². The third kappa shape index (κ3) is 4.31. The Morgan fingerprint density at radius 1 is 1.29 bits per heavy atom. The molecule has 0 unspecified atom stereocenters. The number of nitrogens with zero attached hydrogens (tertiary/aromatic N) is 1. The van der Waals surface area contributed by atoms with Crippen molar-refractivity contribution in [1.82, 2.24) is 0 Å². The van der Waals surface area contributed by atoms with Crippen molar-refractivity contribution < 1.29 is 4.79 Å². The molecule has 0 bridgehead atoms. The van der Waals surface area contributed by atoms with E-state index in [0.29, 0.717) is 6.42 Å². The van der Waals surface area contributed by atoms with Crippen molar-refractivity contribution in [2.75, 3.05) is 16.8 Å². The van der Waals surface area contributed by atoms with Crippen LogP contribution in [0.25, 0.3) is 0 Å². The van der Waals surface area contributed by atoms with Crippen LogP contribution in [0.2, 0.25) is 4.34 Å². The minimum atomic E-state index is -0.000405. The predicted molar refractivity (Wildman–Crippen MR) is 103 cm³/mol. The van der Waals surface area contributed by atoms with E-state index in [0.717, 1.165) is 29.5 Å². The first-order valence-corrected chi connectivity index (χ1v) is 9.41. The highest BCUT2D eigenvalue weighted by molar-refractivity contribution is 7.16. The molecule has 0 saturated carbocycles. The Balaban J connectivity index is 1.68. The topological polar surface area (TPSA) is 32.3 Å². The summed E-state index contributed by atoms with van der Waals surface area (Å²) in [7, 11) is 0. The monoisotopic (exact) mass is 362 g/mol. The van der Waals surface area contributed by atoms with Gasteiger partial charge in [0.1, 0.15) is 0 Å². The highest BCUT2D eigenvalue weighted by Crippen LogP contribution is 2.33. The smallest absolute Gasteiger partial charge is 0.224 e. The number of carbonyl (C=O) groups is 1. The van der Waals surface area contributed by atoms with E-state index in [1.807, 2.05) is 12.1 Å². The Morgan fingerprint density at radius 3 is 2.75 bits per heavy atom. The van der Waals surface area contributed by atoms with Gasteiger partial charge in [-0.25, -0.2) is 0 Å². The summed E-state index contributed by atoms with van der Waals surface area (Å²) in [6.07, 6.45) is 1.53. The van der Waals surface area contributed by atoms with Gasteiger partial charge in [0.05, 0.1) is 10.9 Å². The second-order valence-corrected chi connectivity index (χ2v) is 9.31. The first kappa shape index (κ1) is 17.3. The van der Waals surface area contributed by atoms with E-state index in [1.54, 1.807) is 11.3 Å². The average Bonchev–Trinajstić information content (AvgIpc) is 3.04. The Hall–Kier alpha value is -1.52. The molecule has 1 aliphatic heterocycles. The fourth-order valence-corrected chi connectivity index (χ4v) is 4.13. The highest BCUT2D eigenvalue weighted by atomic mass is 35.5. The molecule has 3 rings (SSSR count). The zero-order chi connectivity index (χ0) is 17.3. The number of carbonyl (C=O) groups excluding carboxylic acids is 1. The number of rotatable bonds is 4. The van der Waals surface area contributed by atoms with Crippen LogP contribution in [0.15, 0.2) is 30.3 Å². The fourth-order valence-electron chi connectivity index (χ4n) is 3.02. The molecule has 3 nitrogen and oxygen atoms in total. The molecule has 24 heavy (non-hydrogen) atoms. The zero-order valence-corrected chi connectivity index (χ0v) is 15.9. The van der Waals surface area contributed by atoms with E-state index in [4.69, 9.17) is 11.6 Å². The van der Waals surface area contributed by atoms with Crippen molar-refractivity contribution in [2.45, 2.75) is 40.2 Å². The summed E-state index contributed by atoms with van der Waals surface area (Å²) in [5.74, 6) is 0.0746. The molecule has 1 N–H and O–H groups in total. The Morgan fingerprint density at radius 2 is 2.08 bits per heavy atom. The van der Waals surface area contributed by atoms with Gasteiger partial charge in [0.25, 0.3) is 0 Å². The molecule has 5 heteroatoms. The lowest BCUT2D eigenvalue weighted by Crippen LogP contribution is -2.20. The van der Waals surface area contributed by atoms with Crippen LogP contribution in [0.3, 0.4) is 0 Å². The van der Waals surface area contributed by atoms with Crippen molar-refractivity contribution in [3.63, 3.8) is 0 Å². The third-order valence-corrected chi connectivity index (χ3v) is 5.24. The van der Waals surface area contributed by atoms with E-state index < -0.39 is 0 Å². The second-order valence-electron chi connectivity index (χ2n) is 7.51. The molecular formula is C19H23ClN2OS. The van der Waals surface area contributed by atoms with Gasteiger partial charge in [-0.05, 0) is 47.7 Å². The standard InChI is InChI=1S/C19H23ClN2OS/c1-19(2,3)11-18(23)21-14-4-6-16-13(10-14)8-9-22(16)12-15-5-7-17(20)24-15/h4-7,10H,8-9,11-12H2,1-3H3,(H,21,23). The van der Waals surface area contributed by atoms with Gasteiger partial charge in [0.15, 0.2) is 0 Å². The van der Waals surface area contributed by atoms with Crippen molar-refractivity contribution >= 4 is 40.2 Å². The highest BCUT2D eigenvalue weighted by Gasteiger charge is 2.21. The SMILES string of the molecule is CC(C)(C)CC(=O)Nc1ccc2c(c1)CCN2Cc1ccc(Cl)s1. The lowest BCUT2D eigenvalue weighted by atomic mass is 9.92. The molecule has 0 fully saturated rings. The van der Waals surface area contributed by atoms with Gasteiger partial charge >= 0.3 is 0 Å². The molecule has 0 aliphatic carbocycles. The number of fused-ring (bicyclic) bond motifs is 1. The van der Waals surface area contributed by atoms with E-state index in [-0.39, 0.29) is 11.3 Å². The van der Waals surface area contributed by atoms with Gasteiger partial charge in [0, 0.05) is 29.2 Å². The summed E-state index contributed by atoms with van der Waals surface area (Å²) in [5, 5.41) is 3.02. The lowest BCUT2D eigenvalue weighted by molar-refractivity contribution is -0.117.